The van der Waals surface area contributed by atoms with Crippen molar-refractivity contribution in [2.24, 2.45) is 0 Å². The number of hydrogen-bond acceptors (Lipinski definition) is 2. The molecule has 0 aromatic heterocycles. The highest BCUT2D eigenvalue weighted by Crippen LogP contribution is 2.26. The smallest absolute Gasteiger partial charge is 0.221 e. The number of carbonyl (C=O) groups is 1. The van der Waals surface area contributed by atoms with Crippen LogP contribution in [0.1, 0.15) is 45.6 Å². The third-order valence-electron chi connectivity index (χ3n) is 4.27. The second kappa shape index (κ2) is 6.40. The lowest BCUT2D eigenvalue weighted by molar-refractivity contribution is -0.123. The number of rotatable bonds is 4. The zero-order chi connectivity index (χ0) is 14.6. The van der Waals surface area contributed by atoms with Gasteiger partial charge in [0.25, 0.3) is 0 Å². The number of nitrogens with one attached hydrogen (secondary N) is 2. The van der Waals surface area contributed by atoms with Gasteiger partial charge in [0.1, 0.15) is 0 Å². The first-order valence-electron chi connectivity index (χ1n) is 7.57. The van der Waals surface area contributed by atoms with Crippen LogP contribution in [0.5, 0.6) is 0 Å². The third kappa shape index (κ3) is 3.83. The fraction of sp³-hybridized carbons (Fsp3) is 0.588. The monoisotopic (exact) mass is 274 g/mol. The Balaban J connectivity index is 1.93. The largest absolute Gasteiger partial charge is 0.352 e. The molecule has 20 heavy (non-hydrogen) atoms. The molecule has 1 saturated heterocycles. The van der Waals surface area contributed by atoms with Crippen LogP contribution in [-0.2, 0) is 10.2 Å². The summed E-state index contributed by atoms with van der Waals surface area (Å²) < 4.78 is 0. The summed E-state index contributed by atoms with van der Waals surface area (Å²) in [4.78, 5) is 12.3. The van der Waals surface area contributed by atoms with Crippen molar-refractivity contribution in [2.75, 3.05) is 6.54 Å². The summed E-state index contributed by atoms with van der Waals surface area (Å²) in [5, 5.41) is 6.61. The standard InChI is InChI=1S/C17H26N2O/c1-13-15(10-7-11-18-13)19-16(20)12-17(2,3)14-8-5-4-6-9-14/h4-6,8-9,13,15,18H,7,10-12H2,1-3H3,(H,19,20). The molecule has 1 amide bonds. The van der Waals surface area contributed by atoms with E-state index in [0.29, 0.717) is 12.5 Å². The van der Waals surface area contributed by atoms with Crippen molar-refractivity contribution >= 4 is 5.91 Å². The average molecular weight is 274 g/mol. The molecule has 1 heterocycles. The number of hydrogen-bond donors (Lipinski definition) is 2. The highest BCUT2D eigenvalue weighted by molar-refractivity contribution is 5.78. The number of benzene rings is 1. The summed E-state index contributed by atoms with van der Waals surface area (Å²) in [5.74, 6) is 0.152. The maximum absolute atomic E-state index is 12.3. The molecule has 1 aliphatic rings. The van der Waals surface area contributed by atoms with Crippen LogP contribution in [0.15, 0.2) is 30.3 Å². The Kier molecular flexibility index (Phi) is 4.81. The van der Waals surface area contributed by atoms with E-state index in [9.17, 15) is 4.79 Å². The summed E-state index contributed by atoms with van der Waals surface area (Å²) in [6.45, 7) is 7.46. The summed E-state index contributed by atoms with van der Waals surface area (Å²) in [6, 6.07) is 10.9. The normalized spacial score (nSPS) is 23.4. The van der Waals surface area contributed by atoms with Gasteiger partial charge in [-0.05, 0) is 37.3 Å². The molecule has 1 aliphatic heterocycles. The Labute approximate surface area is 122 Å². The Morgan fingerprint density at radius 1 is 1.35 bits per heavy atom. The van der Waals surface area contributed by atoms with Crippen LogP contribution in [0.25, 0.3) is 0 Å². The highest BCUT2D eigenvalue weighted by Gasteiger charge is 2.27. The number of carbonyl (C=O) groups excluding carboxylic acids is 1. The predicted molar refractivity (Wildman–Crippen MR) is 82.7 cm³/mol. The van der Waals surface area contributed by atoms with E-state index in [1.807, 2.05) is 18.2 Å². The average Bonchev–Trinajstić information content (AvgIpc) is 2.42. The van der Waals surface area contributed by atoms with Crippen LogP contribution in [0.3, 0.4) is 0 Å². The topological polar surface area (TPSA) is 41.1 Å². The minimum absolute atomic E-state index is 0.128. The van der Waals surface area contributed by atoms with Gasteiger partial charge in [0.2, 0.25) is 5.91 Å². The first-order chi connectivity index (χ1) is 9.49. The number of amides is 1. The second-order valence-electron chi connectivity index (χ2n) is 6.49. The molecule has 1 aromatic rings. The quantitative estimate of drug-likeness (QED) is 0.886. The van der Waals surface area contributed by atoms with E-state index in [4.69, 9.17) is 0 Å². The molecule has 110 valence electrons. The fourth-order valence-corrected chi connectivity index (χ4v) is 2.89. The Bertz CT molecular complexity index is 442. The van der Waals surface area contributed by atoms with Crippen LogP contribution in [-0.4, -0.2) is 24.5 Å². The van der Waals surface area contributed by atoms with Crippen molar-refractivity contribution < 1.29 is 4.79 Å². The lowest BCUT2D eigenvalue weighted by atomic mass is 9.81. The molecule has 0 spiro atoms. The minimum atomic E-state index is -0.128. The zero-order valence-electron chi connectivity index (χ0n) is 12.8. The summed E-state index contributed by atoms with van der Waals surface area (Å²) >= 11 is 0. The molecule has 2 atom stereocenters. The molecular formula is C17H26N2O. The van der Waals surface area contributed by atoms with Crippen LogP contribution in [0.2, 0.25) is 0 Å². The van der Waals surface area contributed by atoms with Crippen molar-refractivity contribution in [3.05, 3.63) is 35.9 Å². The van der Waals surface area contributed by atoms with Gasteiger partial charge >= 0.3 is 0 Å². The third-order valence-corrected chi connectivity index (χ3v) is 4.27. The van der Waals surface area contributed by atoms with Gasteiger partial charge < -0.3 is 10.6 Å². The predicted octanol–water partition coefficient (Wildman–Crippen LogP) is 2.61. The van der Waals surface area contributed by atoms with E-state index >= 15 is 0 Å². The van der Waals surface area contributed by atoms with Crippen molar-refractivity contribution in [1.82, 2.24) is 10.6 Å². The second-order valence-corrected chi connectivity index (χ2v) is 6.49. The molecule has 1 fully saturated rings. The Morgan fingerprint density at radius 3 is 2.70 bits per heavy atom. The maximum Gasteiger partial charge on any atom is 0.221 e. The van der Waals surface area contributed by atoms with Crippen molar-refractivity contribution in [3.8, 4) is 0 Å². The van der Waals surface area contributed by atoms with E-state index in [1.54, 1.807) is 0 Å². The van der Waals surface area contributed by atoms with Crippen molar-refractivity contribution in [2.45, 2.75) is 57.5 Å². The van der Waals surface area contributed by atoms with Gasteiger partial charge in [-0.1, -0.05) is 44.2 Å². The van der Waals surface area contributed by atoms with Crippen LogP contribution in [0.4, 0.5) is 0 Å². The van der Waals surface area contributed by atoms with Gasteiger partial charge in [0.05, 0.1) is 0 Å². The lowest BCUT2D eigenvalue weighted by Gasteiger charge is -2.32. The molecule has 0 radical (unpaired) electrons. The molecule has 0 bridgehead atoms. The minimum Gasteiger partial charge on any atom is -0.352 e. The van der Waals surface area contributed by atoms with E-state index in [2.05, 4.69) is 43.5 Å². The molecular weight excluding hydrogens is 248 g/mol. The van der Waals surface area contributed by atoms with Crippen LogP contribution in [0, 0.1) is 0 Å². The van der Waals surface area contributed by atoms with E-state index in [-0.39, 0.29) is 17.4 Å². The fourth-order valence-electron chi connectivity index (χ4n) is 2.89. The molecule has 2 N–H and O–H groups in total. The van der Waals surface area contributed by atoms with E-state index < -0.39 is 0 Å². The summed E-state index contributed by atoms with van der Waals surface area (Å²) in [7, 11) is 0. The Hall–Kier alpha value is -1.35. The van der Waals surface area contributed by atoms with Gasteiger partial charge in [0, 0.05) is 18.5 Å². The SMILES string of the molecule is CC1NCCCC1NC(=O)CC(C)(C)c1ccccc1. The molecule has 2 rings (SSSR count). The van der Waals surface area contributed by atoms with Crippen LogP contribution < -0.4 is 10.6 Å². The first kappa shape index (κ1) is 15.0. The van der Waals surface area contributed by atoms with Crippen molar-refractivity contribution in [3.63, 3.8) is 0 Å². The first-order valence-corrected chi connectivity index (χ1v) is 7.57. The van der Waals surface area contributed by atoms with Gasteiger partial charge in [-0.25, -0.2) is 0 Å². The van der Waals surface area contributed by atoms with Gasteiger partial charge in [-0.2, -0.15) is 0 Å². The van der Waals surface area contributed by atoms with E-state index in [0.717, 1.165) is 19.4 Å². The molecule has 0 saturated carbocycles. The van der Waals surface area contributed by atoms with Gasteiger partial charge in [-0.3, -0.25) is 4.79 Å². The molecule has 3 nitrogen and oxygen atoms in total. The summed E-state index contributed by atoms with van der Waals surface area (Å²) in [5.41, 5.74) is 1.08. The molecule has 0 aliphatic carbocycles. The highest BCUT2D eigenvalue weighted by atomic mass is 16.1. The maximum atomic E-state index is 12.3. The Morgan fingerprint density at radius 2 is 2.05 bits per heavy atom. The molecule has 2 unspecified atom stereocenters. The van der Waals surface area contributed by atoms with Crippen LogP contribution >= 0.6 is 0 Å². The van der Waals surface area contributed by atoms with E-state index in [1.165, 1.54) is 5.56 Å². The van der Waals surface area contributed by atoms with Crippen molar-refractivity contribution in [1.29, 1.82) is 0 Å². The molecule has 1 aromatic carbocycles. The molecule has 3 heteroatoms. The van der Waals surface area contributed by atoms with Gasteiger partial charge in [0.15, 0.2) is 0 Å². The van der Waals surface area contributed by atoms with Gasteiger partial charge in [-0.15, -0.1) is 0 Å². The zero-order valence-corrected chi connectivity index (χ0v) is 12.8. The summed E-state index contributed by atoms with van der Waals surface area (Å²) in [6.07, 6.45) is 2.74. The lowest BCUT2D eigenvalue weighted by Crippen LogP contribution is -2.52. The number of piperidine rings is 1.